The van der Waals surface area contributed by atoms with Gasteiger partial charge in [0.15, 0.2) is 0 Å². The number of anilines is 2. The van der Waals surface area contributed by atoms with Crippen LogP contribution in [0.4, 0.5) is 15.9 Å². The Balaban J connectivity index is 1.14. The first-order valence-electron chi connectivity index (χ1n) is 15.5. The van der Waals surface area contributed by atoms with E-state index in [1.165, 1.54) is 38.3 Å². The van der Waals surface area contributed by atoms with Crippen LogP contribution < -0.4 is 14.8 Å². The Morgan fingerprint density at radius 2 is 1.63 bits per heavy atom. The van der Waals surface area contributed by atoms with E-state index in [4.69, 9.17) is 21.1 Å². The summed E-state index contributed by atoms with van der Waals surface area (Å²) in [4.78, 5) is 19.0. The Labute approximate surface area is 258 Å². The third kappa shape index (κ3) is 7.67. The highest BCUT2D eigenvalue weighted by atomic mass is 35.5. The van der Waals surface area contributed by atoms with Crippen molar-refractivity contribution in [3.8, 4) is 11.5 Å². The van der Waals surface area contributed by atoms with Gasteiger partial charge in [0.25, 0.3) is 0 Å². The van der Waals surface area contributed by atoms with Crippen LogP contribution in [0.1, 0.15) is 25.7 Å². The molecule has 0 atom stereocenters. The van der Waals surface area contributed by atoms with Gasteiger partial charge in [-0.25, -0.2) is 14.4 Å². The smallest absolute Gasteiger partial charge is 0.145 e. The summed E-state index contributed by atoms with van der Waals surface area (Å²) in [5.74, 6) is 1.52. The molecular weight excluding hydrogens is 569 g/mol. The molecule has 0 saturated carbocycles. The van der Waals surface area contributed by atoms with E-state index in [1.807, 2.05) is 12.1 Å². The van der Waals surface area contributed by atoms with Gasteiger partial charge in [0.05, 0.1) is 15.9 Å². The SMILES string of the molecule is CN1CCC(Oc2cc(OCCN3CCN(C4CCN(C)CC4)CC3)cc3ncnc(Nc4ccc(F)c(Cl)c4)c23)CC1. The average molecular weight is 612 g/mol. The first-order valence-corrected chi connectivity index (χ1v) is 15.9. The van der Waals surface area contributed by atoms with Crippen molar-refractivity contribution in [2.75, 3.05) is 84.9 Å². The number of piperidine rings is 2. The lowest BCUT2D eigenvalue weighted by atomic mass is 10.0. The predicted octanol–water partition coefficient (Wildman–Crippen LogP) is 4.73. The van der Waals surface area contributed by atoms with Crippen LogP contribution in [0.5, 0.6) is 11.5 Å². The van der Waals surface area contributed by atoms with Gasteiger partial charge in [0, 0.05) is 69.7 Å². The molecular formula is C32H43ClFN7O2. The number of fused-ring (bicyclic) bond motifs is 1. The number of likely N-dealkylation sites (tertiary alicyclic amines) is 2. The lowest BCUT2D eigenvalue weighted by Gasteiger charge is -2.42. The zero-order chi connectivity index (χ0) is 29.8. The van der Waals surface area contributed by atoms with E-state index < -0.39 is 5.82 Å². The first kappa shape index (κ1) is 30.3. The number of ether oxygens (including phenoxy) is 2. The molecule has 0 radical (unpaired) electrons. The second-order valence-electron chi connectivity index (χ2n) is 12.2. The molecule has 4 heterocycles. The summed E-state index contributed by atoms with van der Waals surface area (Å²) in [5, 5.41) is 4.10. The number of hydrogen-bond donors (Lipinski definition) is 1. The standard InChI is InChI=1S/C32H43ClFN7O2/c1-38-9-5-24(6-10-38)41-15-13-40(14-16-41)17-18-42-26-20-29-31(30(21-26)43-25-7-11-39(2)12-8-25)32(36-22-35-29)37-23-3-4-28(34)27(33)19-23/h3-4,19-22,24-25H,5-18H2,1-2H3,(H,35,36,37). The Kier molecular flexibility index (Phi) is 9.79. The van der Waals surface area contributed by atoms with Gasteiger partial charge in [-0.3, -0.25) is 9.80 Å². The number of hydrogen-bond acceptors (Lipinski definition) is 9. The monoisotopic (exact) mass is 611 g/mol. The van der Waals surface area contributed by atoms with E-state index in [2.05, 4.69) is 49.0 Å². The van der Waals surface area contributed by atoms with Gasteiger partial charge in [-0.05, 0) is 71.1 Å². The van der Waals surface area contributed by atoms with Crippen molar-refractivity contribution in [3.05, 3.63) is 47.5 Å². The number of nitrogens with zero attached hydrogens (tertiary/aromatic N) is 6. The van der Waals surface area contributed by atoms with Gasteiger partial charge < -0.3 is 24.6 Å². The highest BCUT2D eigenvalue weighted by Crippen LogP contribution is 2.37. The minimum absolute atomic E-state index is 0.0464. The molecule has 9 nitrogen and oxygen atoms in total. The van der Waals surface area contributed by atoms with E-state index >= 15 is 0 Å². The fourth-order valence-electron chi connectivity index (χ4n) is 6.40. The van der Waals surface area contributed by atoms with Gasteiger partial charge in [0.1, 0.15) is 42.2 Å². The zero-order valence-corrected chi connectivity index (χ0v) is 26.0. The third-order valence-electron chi connectivity index (χ3n) is 9.10. The van der Waals surface area contributed by atoms with Crippen LogP contribution in [0.25, 0.3) is 10.9 Å². The Morgan fingerprint density at radius 1 is 0.907 bits per heavy atom. The van der Waals surface area contributed by atoms with E-state index in [0.717, 1.165) is 81.3 Å². The van der Waals surface area contributed by atoms with E-state index in [-0.39, 0.29) is 11.1 Å². The number of halogens is 2. The Morgan fingerprint density at radius 3 is 2.35 bits per heavy atom. The number of piperazine rings is 1. The molecule has 3 aliphatic heterocycles. The van der Waals surface area contributed by atoms with E-state index in [0.29, 0.717) is 23.9 Å². The maximum atomic E-state index is 13.8. The van der Waals surface area contributed by atoms with Crippen molar-refractivity contribution in [3.63, 3.8) is 0 Å². The molecule has 1 aromatic heterocycles. The highest BCUT2D eigenvalue weighted by Gasteiger charge is 2.26. The first-order chi connectivity index (χ1) is 20.9. The molecule has 3 saturated heterocycles. The van der Waals surface area contributed by atoms with Crippen molar-refractivity contribution in [1.29, 1.82) is 0 Å². The minimum Gasteiger partial charge on any atom is -0.492 e. The predicted molar refractivity (Wildman–Crippen MR) is 169 cm³/mol. The fourth-order valence-corrected chi connectivity index (χ4v) is 6.58. The second-order valence-corrected chi connectivity index (χ2v) is 12.6. The van der Waals surface area contributed by atoms with Gasteiger partial charge >= 0.3 is 0 Å². The van der Waals surface area contributed by atoms with Crippen molar-refractivity contribution < 1.29 is 13.9 Å². The molecule has 3 aromatic rings. The van der Waals surface area contributed by atoms with E-state index in [9.17, 15) is 4.39 Å². The van der Waals surface area contributed by atoms with Crippen LogP contribution in [-0.2, 0) is 0 Å². The molecule has 3 aliphatic rings. The molecule has 0 spiro atoms. The molecule has 11 heteroatoms. The van der Waals surface area contributed by atoms with Crippen molar-refractivity contribution >= 4 is 34.0 Å². The second kappa shape index (κ2) is 13.9. The normalized spacial score (nSPS) is 20.5. The molecule has 3 fully saturated rings. The van der Waals surface area contributed by atoms with Gasteiger partial charge in [-0.2, -0.15) is 0 Å². The average Bonchev–Trinajstić information content (AvgIpc) is 3.01. The lowest BCUT2D eigenvalue weighted by Crippen LogP contribution is -2.53. The van der Waals surface area contributed by atoms with E-state index in [1.54, 1.807) is 12.1 Å². The number of nitrogens with one attached hydrogen (secondary N) is 1. The summed E-state index contributed by atoms with van der Waals surface area (Å²) in [7, 11) is 4.36. The molecule has 232 valence electrons. The summed E-state index contributed by atoms with van der Waals surface area (Å²) in [6.45, 7) is 10.3. The number of benzene rings is 2. The van der Waals surface area contributed by atoms with Gasteiger partial charge in [-0.15, -0.1) is 0 Å². The maximum Gasteiger partial charge on any atom is 0.145 e. The highest BCUT2D eigenvalue weighted by molar-refractivity contribution is 6.31. The molecule has 6 rings (SSSR count). The molecule has 0 bridgehead atoms. The Bertz CT molecular complexity index is 1370. The van der Waals surface area contributed by atoms with Gasteiger partial charge in [-0.1, -0.05) is 11.6 Å². The minimum atomic E-state index is -0.466. The molecule has 2 aromatic carbocycles. The quantitative estimate of drug-likeness (QED) is 0.370. The van der Waals surface area contributed by atoms with Crippen molar-refractivity contribution in [1.82, 2.24) is 29.6 Å². The largest absolute Gasteiger partial charge is 0.492 e. The summed E-state index contributed by atoms with van der Waals surface area (Å²) in [5.41, 5.74) is 1.35. The topological polar surface area (TPSA) is 69.2 Å². The zero-order valence-electron chi connectivity index (χ0n) is 25.3. The third-order valence-corrected chi connectivity index (χ3v) is 9.39. The van der Waals surface area contributed by atoms with Crippen LogP contribution in [0, 0.1) is 5.82 Å². The number of rotatable bonds is 9. The summed E-state index contributed by atoms with van der Waals surface area (Å²) in [6, 6.07) is 9.16. The molecule has 0 amide bonds. The Hall–Kier alpha value is -2.76. The van der Waals surface area contributed by atoms with Crippen LogP contribution in [0.15, 0.2) is 36.7 Å². The fraction of sp³-hybridized carbons (Fsp3) is 0.562. The lowest BCUT2D eigenvalue weighted by molar-refractivity contribution is 0.0593. The van der Waals surface area contributed by atoms with Crippen LogP contribution in [0.3, 0.4) is 0 Å². The van der Waals surface area contributed by atoms with Crippen molar-refractivity contribution in [2.45, 2.75) is 37.8 Å². The van der Waals surface area contributed by atoms with Crippen LogP contribution in [0.2, 0.25) is 5.02 Å². The molecule has 0 aliphatic carbocycles. The van der Waals surface area contributed by atoms with Crippen LogP contribution in [-0.4, -0.2) is 121 Å². The summed E-state index contributed by atoms with van der Waals surface area (Å²) >= 11 is 6.04. The molecule has 1 N–H and O–H groups in total. The van der Waals surface area contributed by atoms with Crippen LogP contribution >= 0.6 is 11.6 Å². The molecule has 0 unspecified atom stereocenters. The number of aromatic nitrogens is 2. The van der Waals surface area contributed by atoms with Crippen molar-refractivity contribution in [2.24, 2.45) is 0 Å². The molecule has 43 heavy (non-hydrogen) atoms. The maximum absolute atomic E-state index is 13.8. The summed E-state index contributed by atoms with van der Waals surface area (Å²) < 4.78 is 26.7. The summed E-state index contributed by atoms with van der Waals surface area (Å²) in [6.07, 6.45) is 6.05. The van der Waals surface area contributed by atoms with Gasteiger partial charge in [0.2, 0.25) is 0 Å².